The van der Waals surface area contributed by atoms with Crippen LogP contribution in [0.2, 0.25) is 0 Å². The normalized spacial score (nSPS) is 18.2. The van der Waals surface area contributed by atoms with Crippen LogP contribution in [0.25, 0.3) is 0 Å². The van der Waals surface area contributed by atoms with Gasteiger partial charge in [0.15, 0.2) is 5.96 Å². The molecule has 1 aromatic carbocycles. The van der Waals surface area contributed by atoms with Gasteiger partial charge in [-0.15, -0.1) is 0 Å². The largest absolute Gasteiger partial charge is 0.374 e. The number of hydrogen-bond donors (Lipinski definition) is 2. The van der Waals surface area contributed by atoms with Gasteiger partial charge in [-0.1, -0.05) is 24.3 Å². The maximum Gasteiger partial charge on any atom is 0.191 e. The highest BCUT2D eigenvalue weighted by Gasteiger charge is 2.14. The number of rotatable bonds is 4. The third-order valence-electron chi connectivity index (χ3n) is 4.61. The lowest BCUT2D eigenvalue weighted by Gasteiger charge is -2.27. The topological polar surface area (TPSA) is 39.7 Å². The molecule has 0 bridgehead atoms. The summed E-state index contributed by atoms with van der Waals surface area (Å²) >= 11 is 0. The van der Waals surface area contributed by atoms with E-state index < -0.39 is 0 Å². The van der Waals surface area contributed by atoms with E-state index in [2.05, 4.69) is 59.9 Å². The molecule has 0 atom stereocenters. The Kier molecular flexibility index (Phi) is 5.21. The van der Waals surface area contributed by atoms with E-state index in [1.807, 2.05) is 0 Å². The van der Waals surface area contributed by atoms with Crippen molar-refractivity contribution in [1.29, 1.82) is 0 Å². The fourth-order valence-electron chi connectivity index (χ4n) is 3.36. The van der Waals surface area contributed by atoms with Crippen molar-refractivity contribution in [1.82, 2.24) is 10.6 Å². The van der Waals surface area contributed by atoms with Crippen molar-refractivity contribution < 1.29 is 0 Å². The first-order valence-electron chi connectivity index (χ1n) is 8.79. The number of anilines is 1. The molecule has 1 aliphatic carbocycles. The molecule has 0 spiro atoms. The molecule has 0 saturated carbocycles. The van der Waals surface area contributed by atoms with Crippen LogP contribution >= 0.6 is 0 Å². The van der Waals surface area contributed by atoms with Crippen LogP contribution in [0.5, 0.6) is 0 Å². The van der Waals surface area contributed by atoms with Crippen LogP contribution in [-0.4, -0.2) is 32.1 Å². The first-order valence-corrected chi connectivity index (χ1v) is 8.79. The van der Waals surface area contributed by atoms with E-state index in [1.54, 1.807) is 0 Å². The molecule has 1 aliphatic heterocycles. The van der Waals surface area contributed by atoms with Gasteiger partial charge in [-0.2, -0.15) is 0 Å². The molecule has 0 radical (unpaired) electrons. The van der Waals surface area contributed by atoms with Crippen molar-refractivity contribution in [2.45, 2.75) is 45.2 Å². The molecular formula is C19H28N4. The molecule has 0 aromatic heterocycles. The lowest BCUT2D eigenvalue weighted by atomic mass is 10.00. The molecule has 0 fully saturated rings. The van der Waals surface area contributed by atoms with Crippen LogP contribution in [-0.2, 0) is 13.0 Å². The second-order valence-corrected chi connectivity index (χ2v) is 6.47. The summed E-state index contributed by atoms with van der Waals surface area (Å²) < 4.78 is 0. The number of nitrogens with one attached hydrogen (secondary N) is 2. The summed E-state index contributed by atoms with van der Waals surface area (Å²) in [6, 6.07) is 7.28. The molecule has 1 aromatic rings. The highest BCUT2D eigenvalue weighted by Crippen LogP contribution is 2.26. The van der Waals surface area contributed by atoms with Gasteiger partial charge in [-0.05, 0) is 49.8 Å². The fraction of sp³-hybridized carbons (Fsp3) is 0.526. The first-order chi connectivity index (χ1) is 11.3. The van der Waals surface area contributed by atoms with E-state index in [9.17, 15) is 0 Å². The molecule has 1 heterocycles. The van der Waals surface area contributed by atoms with Crippen molar-refractivity contribution in [2.24, 2.45) is 4.99 Å². The van der Waals surface area contributed by atoms with E-state index in [1.165, 1.54) is 29.7 Å². The molecule has 0 saturated heterocycles. The zero-order chi connectivity index (χ0) is 16.1. The number of benzene rings is 1. The van der Waals surface area contributed by atoms with Gasteiger partial charge in [0.25, 0.3) is 0 Å². The molecule has 3 rings (SSSR count). The van der Waals surface area contributed by atoms with Gasteiger partial charge in [0.2, 0.25) is 0 Å². The Labute approximate surface area is 139 Å². The van der Waals surface area contributed by atoms with E-state index in [4.69, 9.17) is 4.99 Å². The number of guanidine groups is 1. The number of nitrogens with zero attached hydrogens (tertiary/aromatic N) is 2. The van der Waals surface area contributed by atoms with Gasteiger partial charge in [-0.3, -0.25) is 0 Å². The van der Waals surface area contributed by atoms with E-state index >= 15 is 0 Å². The molecule has 0 amide bonds. The summed E-state index contributed by atoms with van der Waals surface area (Å²) in [5, 5.41) is 6.88. The Morgan fingerprint density at radius 3 is 2.91 bits per heavy atom. The van der Waals surface area contributed by atoms with Crippen LogP contribution in [0.15, 0.2) is 35.3 Å². The van der Waals surface area contributed by atoms with E-state index in [0.29, 0.717) is 6.04 Å². The first kappa shape index (κ1) is 15.9. The molecule has 2 aliphatic rings. The van der Waals surface area contributed by atoms with Gasteiger partial charge in [0.05, 0.1) is 6.54 Å². The second kappa shape index (κ2) is 7.53. The zero-order valence-electron chi connectivity index (χ0n) is 14.3. The van der Waals surface area contributed by atoms with E-state index in [-0.39, 0.29) is 0 Å². The van der Waals surface area contributed by atoms with Crippen LogP contribution < -0.4 is 15.5 Å². The molecule has 124 valence electrons. The van der Waals surface area contributed by atoms with Crippen LogP contribution in [0.1, 0.15) is 37.3 Å². The van der Waals surface area contributed by atoms with Crippen molar-refractivity contribution in [3.63, 3.8) is 0 Å². The Bertz CT molecular complexity index is 583. The Balaban J connectivity index is 1.66. The monoisotopic (exact) mass is 312 g/mol. The lowest BCUT2D eigenvalue weighted by molar-refractivity contribution is 0.633. The number of hydrogen-bond acceptors (Lipinski definition) is 2. The van der Waals surface area contributed by atoms with Gasteiger partial charge >= 0.3 is 0 Å². The average Bonchev–Trinajstić information content (AvgIpc) is 3.06. The van der Waals surface area contributed by atoms with Crippen LogP contribution in [0, 0.1) is 0 Å². The minimum atomic E-state index is 0.491. The maximum atomic E-state index is 4.77. The summed E-state index contributed by atoms with van der Waals surface area (Å²) in [6.07, 6.45) is 9.09. The summed E-state index contributed by atoms with van der Waals surface area (Å²) in [7, 11) is 2.18. The lowest BCUT2D eigenvalue weighted by Crippen LogP contribution is -2.42. The van der Waals surface area contributed by atoms with Gasteiger partial charge < -0.3 is 15.5 Å². The summed E-state index contributed by atoms with van der Waals surface area (Å²) in [6.45, 7) is 4.89. The molecule has 0 unspecified atom stereocenters. The van der Waals surface area contributed by atoms with Crippen molar-refractivity contribution in [3.05, 3.63) is 41.5 Å². The Morgan fingerprint density at radius 2 is 2.13 bits per heavy atom. The van der Waals surface area contributed by atoms with Crippen LogP contribution in [0.3, 0.4) is 0 Å². The molecule has 4 nitrogen and oxygen atoms in total. The number of aliphatic imine (C=N–C) groups is 1. The third-order valence-corrected chi connectivity index (χ3v) is 4.61. The molecular weight excluding hydrogens is 284 g/mol. The Hall–Kier alpha value is -1.97. The van der Waals surface area contributed by atoms with Crippen molar-refractivity contribution in [3.8, 4) is 0 Å². The second-order valence-electron chi connectivity index (χ2n) is 6.47. The molecule has 23 heavy (non-hydrogen) atoms. The Morgan fingerprint density at radius 1 is 1.30 bits per heavy atom. The quantitative estimate of drug-likeness (QED) is 0.510. The summed E-state index contributed by atoms with van der Waals surface area (Å²) in [4.78, 5) is 7.12. The smallest absolute Gasteiger partial charge is 0.191 e. The SMILES string of the molecule is CCNC(=NCc1ccc2c(c1)CCCN2C)NC1CC=CC1. The van der Waals surface area contributed by atoms with Crippen molar-refractivity contribution in [2.75, 3.05) is 25.0 Å². The van der Waals surface area contributed by atoms with Gasteiger partial charge in [0, 0.05) is 31.9 Å². The zero-order valence-corrected chi connectivity index (χ0v) is 14.3. The number of fused-ring (bicyclic) bond motifs is 1. The predicted molar refractivity (Wildman–Crippen MR) is 98.1 cm³/mol. The molecule has 2 N–H and O–H groups in total. The third kappa shape index (κ3) is 4.06. The maximum absolute atomic E-state index is 4.77. The highest BCUT2D eigenvalue weighted by molar-refractivity contribution is 5.80. The average molecular weight is 312 g/mol. The van der Waals surface area contributed by atoms with Crippen LogP contribution in [0.4, 0.5) is 5.69 Å². The van der Waals surface area contributed by atoms with Crippen molar-refractivity contribution >= 4 is 11.6 Å². The van der Waals surface area contributed by atoms with Gasteiger partial charge in [-0.25, -0.2) is 4.99 Å². The highest BCUT2D eigenvalue weighted by atomic mass is 15.2. The standard InChI is InChI=1S/C19H28N4/c1-3-20-19(22-17-8-4-5-9-17)21-14-15-10-11-18-16(13-15)7-6-12-23(18)2/h4-5,10-11,13,17H,3,6-9,12,14H2,1-2H3,(H2,20,21,22). The molecule has 4 heteroatoms. The minimum absolute atomic E-state index is 0.491. The van der Waals surface area contributed by atoms with E-state index in [0.717, 1.165) is 38.4 Å². The summed E-state index contributed by atoms with van der Waals surface area (Å²) in [5.74, 6) is 0.927. The minimum Gasteiger partial charge on any atom is -0.374 e. The van der Waals surface area contributed by atoms with Gasteiger partial charge in [0.1, 0.15) is 0 Å². The fourth-order valence-corrected chi connectivity index (χ4v) is 3.36. The summed E-state index contributed by atoms with van der Waals surface area (Å²) in [5.41, 5.74) is 4.14. The number of aryl methyl sites for hydroxylation is 1. The predicted octanol–water partition coefficient (Wildman–Crippen LogP) is 2.84.